The van der Waals surface area contributed by atoms with Crippen LogP contribution in [-0.2, 0) is 5.41 Å². The van der Waals surface area contributed by atoms with Crippen LogP contribution in [0.2, 0.25) is 0 Å². The third-order valence-corrected chi connectivity index (χ3v) is 2.33. The molecular weight excluding hydrogens is 200 g/mol. The minimum absolute atomic E-state index is 0.0212. The molecule has 0 unspecified atom stereocenters. The van der Waals surface area contributed by atoms with Gasteiger partial charge in [0.2, 0.25) is 0 Å². The lowest BCUT2D eigenvalue weighted by molar-refractivity contribution is 0.112. The van der Waals surface area contributed by atoms with Crippen LogP contribution in [0.25, 0.3) is 0 Å². The van der Waals surface area contributed by atoms with E-state index in [1.165, 1.54) is 0 Å². The van der Waals surface area contributed by atoms with Gasteiger partial charge in [-0.25, -0.2) is 0 Å². The van der Waals surface area contributed by atoms with Gasteiger partial charge in [0.05, 0.1) is 6.10 Å². The number of hydrogen-bond donors (Lipinski definition) is 0. The van der Waals surface area contributed by atoms with Crippen LogP contribution >= 0.6 is 0 Å². The maximum atomic E-state index is 11.1. The number of carbonyl (C=O) groups is 1. The molecule has 0 bridgehead atoms. The first-order valence-corrected chi connectivity index (χ1v) is 5.61. The molecule has 0 spiro atoms. The van der Waals surface area contributed by atoms with E-state index in [1.54, 1.807) is 0 Å². The second-order valence-electron chi connectivity index (χ2n) is 5.28. The number of aldehydes is 1. The van der Waals surface area contributed by atoms with E-state index in [0.717, 1.165) is 17.6 Å². The number of benzene rings is 1. The maximum absolute atomic E-state index is 11.1. The van der Waals surface area contributed by atoms with Gasteiger partial charge >= 0.3 is 0 Å². The van der Waals surface area contributed by atoms with Crippen molar-refractivity contribution in [2.45, 2.75) is 46.1 Å². The summed E-state index contributed by atoms with van der Waals surface area (Å²) in [4.78, 5) is 11.1. The van der Waals surface area contributed by atoms with E-state index in [9.17, 15) is 4.79 Å². The summed E-state index contributed by atoms with van der Waals surface area (Å²) in [6.07, 6.45) is 1.02. The van der Waals surface area contributed by atoms with Crippen LogP contribution in [0.3, 0.4) is 0 Å². The van der Waals surface area contributed by atoms with E-state index in [2.05, 4.69) is 20.8 Å². The minimum atomic E-state index is -0.0212. The molecule has 0 aliphatic carbocycles. The number of hydrogen-bond acceptors (Lipinski definition) is 2. The van der Waals surface area contributed by atoms with Gasteiger partial charge < -0.3 is 4.74 Å². The van der Waals surface area contributed by atoms with Gasteiger partial charge in [-0.3, -0.25) is 4.79 Å². The fourth-order valence-electron chi connectivity index (χ4n) is 1.67. The zero-order valence-electron chi connectivity index (χ0n) is 10.7. The highest BCUT2D eigenvalue weighted by molar-refractivity contribution is 5.78. The van der Waals surface area contributed by atoms with Gasteiger partial charge in [0.15, 0.2) is 0 Å². The Morgan fingerprint density at radius 3 is 2.31 bits per heavy atom. The summed E-state index contributed by atoms with van der Waals surface area (Å²) in [7, 11) is 0. The Morgan fingerprint density at radius 2 is 1.88 bits per heavy atom. The molecule has 2 nitrogen and oxygen atoms in total. The Kier molecular flexibility index (Phi) is 3.74. The Hall–Kier alpha value is -1.31. The summed E-state index contributed by atoms with van der Waals surface area (Å²) >= 11 is 0. The van der Waals surface area contributed by atoms with Crippen molar-refractivity contribution in [2.75, 3.05) is 0 Å². The van der Waals surface area contributed by atoms with Gasteiger partial charge in [0.1, 0.15) is 12.0 Å². The van der Waals surface area contributed by atoms with Crippen LogP contribution in [0.15, 0.2) is 18.2 Å². The molecule has 0 fully saturated rings. The van der Waals surface area contributed by atoms with Crippen LogP contribution in [0, 0.1) is 0 Å². The highest BCUT2D eigenvalue weighted by Crippen LogP contribution is 2.28. The van der Waals surface area contributed by atoms with Crippen LogP contribution in [0.4, 0.5) is 0 Å². The quantitative estimate of drug-likeness (QED) is 0.728. The molecule has 88 valence electrons. The van der Waals surface area contributed by atoms with Gasteiger partial charge in [-0.2, -0.15) is 0 Å². The van der Waals surface area contributed by atoms with Crippen molar-refractivity contribution in [3.8, 4) is 5.75 Å². The van der Waals surface area contributed by atoms with Crippen molar-refractivity contribution in [1.82, 2.24) is 0 Å². The molecule has 0 saturated heterocycles. The van der Waals surface area contributed by atoms with Gasteiger partial charge in [0.25, 0.3) is 0 Å². The van der Waals surface area contributed by atoms with E-state index in [4.69, 9.17) is 4.74 Å². The number of ether oxygens (including phenoxy) is 1. The second kappa shape index (κ2) is 4.69. The number of carbonyl (C=O) groups excluding carboxylic acids is 1. The lowest BCUT2D eigenvalue weighted by atomic mass is 9.84. The lowest BCUT2D eigenvalue weighted by Gasteiger charge is -2.22. The highest BCUT2D eigenvalue weighted by Gasteiger charge is 2.18. The monoisotopic (exact) mass is 220 g/mol. The van der Waals surface area contributed by atoms with Gasteiger partial charge in [0, 0.05) is 5.56 Å². The molecule has 1 rings (SSSR count). The Morgan fingerprint density at radius 1 is 1.25 bits per heavy atom. The van der Waals surface area contributed by atoms with Crippen molar-refractivity contribution in [1.29, 1.82) is 0 Å². The minimum Gasteiger partial charge on any atom is -0.491 e. The predicted molar refractivity (Wildman–Crippen MR) is 66.3 cm³/mol. The van der Waals surface area contributed by atoms with E-state index in [1.807, 2.05) is 32.0 Å². The topological polar surface area (TPSA) is 26.3 Å². The van der Waals surface area contributed by atoms with Crippen molar-refractivity contribution >= 4 is 6.29 Å². The molecule has 0 aliphatic heterocycles. The van der Waals surface area contributed by atoms with Gasteiger partial charge in [-0.05, 0) is 37.0 Å². The molecule has 0 radical (unpaired) electrons. The molecule has 0 atom stereocenters. The fraction of sp³-hybridized carbons (Fsp3) is 0.500. The van der Waals surface area contributed by atoms with Crippen LogP contribution in [0.1, 0.15) is 50.5 Å². The molecule has 1 aromatic rings. The summed E-state index contributed by atoms with van der Waals surface area (Å²) in [5.74, 6) is 0.755. The number of rotatable bonds is 3. The SMILES string of the molecule is CC(C)Oc1ccc(C(C)(C)C)c(C=O)c1. The van der Waals surface area contributed by atoms with Crippen molar-refractivity contribution in [2.24, 2.45) is 0 Å². The van der Waals surface area contributed by atoms with Crippen LogP contribution in [-0.4, -0.2) is 12.4 Å². The molecule has 0 aliphatic rings. The first kappa shape index (κ1) is 12.8. The van der Waals surface area contributed by atoms with E-state index >= 15 is 0 Å². The highest BCUT2D eigenvalue weighted by atomic mass is 16.5. The van der Waals surface area contributed by atoms with Crippen molar-refractivity contribution < 1.29 is 9.53 Å². The zero-order chi connectivity index (χ0) is 12.3. The third-order valence-electron chi connectivity index (χ3n) is 2.33. The van der Waals surface area contributed by atoms with E-state index in [0.29, 0.717) is 5.56 Å². The Labute approximate surface area is 97.6 Å². The Bertz CT molecular complexity index is 373. The standard InChI is InChI=1S/C14H20O2/c1-10(2)16-12-6-7-13(14(3,4)5)11(8-12)9-15/h6-10H,1-5H3. The molecule has 0 N–H and O–H groups in total. The molecule has 2 heteroatoms. The summed E-state index contributed by atoms with van der Waals surface area (Å²) in [5.41, 5.74) is 1.75. The molecular formula is C14H20O2. The molecule has 0 amide bonds. The molecule has 0 aromatic heterocycles. The van der Waals surface area contributed by atoms with Crippen LogP contribution < -0.4 is 4.74 Å². The molecule has 16 heavy (non-hydrogen) atoms. The van der Waals surface area contributed by atoms with Crippen LogP contribution in [0.5, 0.6) is 5.75 Å². The average Bonchev–Trinajstić information content (AvgIpc) is 2.14. The summed E-state index contributed by atoms with van der Waals surface area (Å²) in [5, 5.41) is 0. The zero-order valence-corrected chi connectivity index (χ0v) is 10.7. The summed E-state index contributed by atoms with van der Waals surface area (Å²) in [6.45, 7) is 10.2. The summed E-state index contributed by atoms with van der Waals surface area (Å²) < 4.78 is 5.57. The van der Waals surface area contributed by atoms with E-state index < -0.39 is 0 Å². The molecule has 0 saturated carbocycles. The van der Waals surface area contributed by atoms with Gasteiger partial charge in [-0.15, -0.1) is 0 Å². The largest absolute Gasteiger partial charge is 0.491 e. The first-order valence-electron chi connectivity index (χ1n) is 5.61. The second-order valence-corrected chi connectivity index (χ2v) is 5.28. The van der Waals surface area contributed by atoms with Crippen molar-refractivity contribution in [3.05, 3.63) is 29.3 Å². The molecule has 1 aromatic carbocycles. The Balaban J connectivity index is 3.12. The van der Waals surface area contributed by atoms with E-state index in [-0.39, 0.29) is 11.5 Å². The summed E-state index contributed by atoms with van der Waals surface area (Å²) in [6, 6.07) is 5.71. The smallest absolute Gasteiger partial charge is 0.150 e. The normalized spacial score (nSPS) is 11.6. The maximum Gasteiger partial charge on any atom is 0.150 e. The predicted octanol–water partition coefficient (Wildman–Crippen LogP) is 3.58. The van der Waals surface area contributed by atoms with Crippen molar-refractivity contribution in [3.63, 3.8) is 0 Å². The third kappa shape index (κ3) is 3.09. The molecule has 0 heterocycles. The average molecular weight is 220 g/mol. The fourth-order valence-corrected chi connectivity index (χ4v) is 1.67. The lowest BCUT2D eigenvalue weighted by Crippen LogP contribution is -2.14. The van der Waals surface area contributed by atoms with Gasteiger partial charge in [-0.1, -0.05) is 26.8 Å². The first-order chi connectivity index (χ1) is 7.34.